The second-order valence-electron chi connectivity index (χ2n) is 3.74. The van der Waals surface area contributed by atoms with Crippen LogP contribution in [0.15, 0.2) is 52.0 Å². The van der Waals surface area contributed by atoms with Crippen LogP contribution < -0.4 is 10.2 Å². The van der Waals surface area contributed by atoms with E-state index in [-0.39, 0.29) is 0 Å². The van der Waals surface area contributed by atoms with Crippen molar-refractivity contribution in [3.63, 3.8) is 0 Å². The van der Waals surface area contributed by atoms with Gasteiger partial charge in [0, 0.05) is 11.6 Å². The number of halogens is 2. The van der Waals surface area contributed by atoms with Gasteiger partial charge < -0.3 is 4.74 Å². The normalized spacial score (nSPS) is 10.7. The van der Waals surface area contributed by atoms with Crippen LogP contribution in [-0.2, 0) is 0 Å². The van der Waals surface area contributed by atoms with E-state index >= 15 is 0 Å². The number of anilines is 1. The topological polar surface area (TPSA) is 33.6 Å². The molecule has 0 spiro atoms. The van der Waals surface area contributed by atoms with Gasteiger partial charge in [-0.15, -0.1) is 0 Å². The summed E-state index contributed by atoms with van der Waals surface area (Å²) in [5.74, 6) is 0.0596. The molecular weight excluding hydrogens is 311 g/mol. The summed E-state index contributed by atoms with van der Waals surface area (Å²) in [5, 5.41) is 3.99. The predicted molar refractivity (Wildman–Crippen MR) is 78.3 cm³/mol. The van der Waals surface area contributed by atoms with Crippen LogP contribution in [0.2, 0.25) is 0 Å². The lowest BCUT2D eigenvalue weighted by Crippen LogP contribution is -1.95. The van der Waals surface area contributed by atoms with Crippen molar-refractivity contribution < 1.29 is 9.13 Å². The van der Waals surface area contributed by atoms with E-state index in [4.69, 9.17) is 4.74 Å². The molecule has 0 unspecified atom stereocenters. The van der Waals surface area contributed by atoms with Gasteiger partial charge in [-0.1, -0.05) is 18.2 Å². The third-order valence-electron chi connectivity index (χ3n) is 2.44. The molecule has 0 atom stereocenters. The molecule has 2 aromatic carbocycles. The van der Waals surface area contributed by atoms with Gasteiger partial charge in [-0.05, 0) is 34.1 Å². The molecule has 1 N–H and O–H groups in total. The minimum Gasteiger partial charge on any atom is -0.495 e. The fourth-order valence-corrected chi connectivity index (χ4v) is 2.01. The van der Waals surface area contributed by atoms with Gasteiger partial charge in [-0.3, -0.25) is 5.43 Å². The number of hydrogen-bond acceptors (Lipinski definition) is 3. The fourth-order valence-electron chi connectivity index (χ4n) is 1.49. The maximum atomic E-state index is 13.7. The predicted octanol–water partition coefficient (Wildman–Crippen LogP) is 4.04. The van der Waals surface area contributed by atoms with E-state index in [1.165, 1.54) is 19.4 Å². The molecule has 0 heterocycles. The number of nitrogens with one attached hydrogen (secondary N) is 1. The van der Waals surface area contributed by atoms with Crippen LogP contribution in [0.4, 0.5) is 10.1 Å². The zero-order valence-electron chi connectivity index (χ0n) is 10.2. The van der Waals surface area contributed by atoms with Gasteiger partial charge in [0.25, 0.3) is 0 Å². The summed E-state index contributed by atoms with van der Waals surface area (Å²) in [7, 11) is 1.49. The van der Waals surface area contributed by atoms with Gasteiger partial charge in [-0.2, -0.15) is 5.10 Å². The lowest BCUT2D eigenvalue weighted by molar-refractivity contribution is 0.408. The molecule has 0 bridgehead atoms. The first-order chi connectivity index (χ1) is 9.20. The van der Waals surface area contributed by atoms with Crippen LogP contribution >= 0.6 is 15.9 Å². The van der Waals surface area contributed by atoms with E-state index in [0.29, 0.717) is 15.8 Å². The highest BCUT2D eigenvalue weighted by molar-refractivity contribution is 9.10. The molecular formula is C14H12BrFN2O. The molecule has 2 rings (SSSR count). The van der Waals surface area contributed by atoms with Gasteiger partial charge in [-0.25, -0.2) is 4.39 Å². The number of rotatable bonds is 4. The third kappa shape index (κ3) is 3.54. The molecule has 3 nitrogen and oxygen atoms in total. The van der Waals surface area contributed by atoms with Gasteiger partial charge in [0.2, 0.25) is 0 Å². The zero-order valence-corrected chi connectivity index (χ0v) is 11.8. The van der Waals surface area contributed by atoms with Crippen LogP contribution in [0.3, 0.4) is 0 Å². The maximum Gasteiger partial charge on any atom is 0.136 e. The first-order valence-electron chi connectivity index (χ1n) is 5.58. The van der Waals surface area contributed by atoms with E-state index in [0.717, 1.165) is 5.69 Å². The smallest absolute Gasteiger partial charge is 0.136 e. The molecule has 0 saturated heterocycles. The van der Waals surface area contributed by atoms with Crippen molar-refractivity contribution >= 4 is 27.8 Å². The second kappa shape index (κ2) is 6.33. The van der Waals surface area contributed by atoms with E-state index in [2.05, 4.69) is 26.5 Å². The Morgan fingerprint density at radius 3 is 2.68 bits per heavy atom. The first kappa shape index (κ1) is 13.5. The third-order valence-corrected chi connectivity index (χ3v) is 3.06. The summed E-state index contributed by atoms with van der Waals surface area (Å²) >= 11 is 3.30. The van der Waals surface area contributed by atoms with E-state index in [1.54, 1.807) is 6.07 Å². The van der Waals surface area contributed by atoms with Crippen LogP contribution in [0.25, 0.3) is 0 Å². The summed E-state index contributed by atoms with van der Waals surface area (Å²) in [6.45, 7) is 0. The maximum absolute atomic E-state index is 13.7. The average Bonchev–Trinajstić information content (AvgIpc) is 2.43. The summed E-state index contributed by atoms with van der Waals surface area (Å²) in [5.41, 5.74) is 4.04. The fraction of sp³-hybridized carbons (Fsp3) is 0.0714. The highest BCUT2D eigenvalue weighted by Gasteiger charge is 2.06. The van der Waals surface area contributed by atoms with Crippen LogP contribution in [-0.4, -0.2) is 13.3 Å². The number of methoxy groups -OCH3 is 1. The Morgan fingerprint density at radius 2 is 2.00 bits per heavy atom. The minimum atomic E-state index is -0.390. The van der Waals surface area contributed by atoms with Crippen molar-refractivity contribution in [3.8, 4) is 5.75 Å². The standard InChI is InChI=1S/C14H12BrFN2O/c1-19-14-8-13(16)10(7-12(14)15)9-17-18-11-5-3-2-4-6-11/h2-9,18H,1H3. The quantitative estimate of drug-likeness (QED) is 0.680. The molecule has 0 aliphatic heterocycles. The molecule has 0 saturated carbocycles. The van der Waals surface area contributed by atoms with E-state index in [9.17, 15) is 4.39 Å². The zero-order chi connectivity index (χ0) is 13.7. The Morgan fingerprint density at radius 1 is 1.26 bits per heavy atom. The summed E-state index contributed by atoms with van der Waals surface area (Å²) < 4.78 is 19.4. The summed E-state index contributed by atoms with van der Waals surface area (Å²) in [6, 6.07) is 12.4. The van der Waals surface area contributed by atoms with Crippen molar-refractivity contribution in [2.75, 3.05) is 12.5 Å². The highest BCUT2D eigenvalue weighted by atomic mass is 79.9. The molecule has 0 amide bonds. The summed E-state index contributed by atoms with van der Waals surface area (Å²) in [4.78, 5) is 0. The van der Waals surface area contributed by atoms with Crippen molar-refractivity contribution in [1.29, 1.82) is 0 Å². The van der Waals surface area contributed by atoms with Crippen LogP contribution in [0.1, 0.15) is 5.56 Å². The van der Waals surface area contributed by atoms with Crippen LogP contribution in [0, 0.1) is 5.82 Å². The minimum absolute atomic E-state index is 0.371. The molecule has 0 aliphatic carbocycles. The van der Waals surface area contributed by atoms with Crippen LogP contribution in [0.5, 0.6) is 5.75 Å². The lowest BCUT2D eigenvalue weighted by Gasteiger charge is -2.05. The van der Waals surface area contributed by atoms with Crippen molar-refractivity contribution in [1.82, 2.24) is 0 Å². The number of hydrogen-bond donors (Lipinski definition) is 1. The number of para-hydroxylation sites is 1. The number of ether oxygens (including phenoxy) is 1. The van der Waals surface area contributed by atoms with Gasteiger partial charge >= 0.3 is 0 Å². The molecule has 0 aliphatic rings. The molecule has 0 fully saturated rings. The Hall–Kier alpha value is -1.88. The van der Waals surface area contributed by atoms with Gasteiger partial charge in [0.05, 0.1) is 23.5 Å². The van der Waals surface area contributed by atoms with Gasteiger partial charge in [0.15, 0.2) is 0 Å². The Kier molecular flexibility index (Phi) is 4.52. The molecule has 2 aromatic rings. The largest absolute Gasteiger partial charge is 0.495 e. The Labute approximate surface area is 119 Å². The highest BCUT2D eigenvalue weighted by Crippen LogP contribution is 2.27. The Balaban J connectivity index is 2.13. The SMILES string of the molecule is COc1cc(F)c(C=NNc2ccccc2)cc1Br. The average molecular weight is 323 g/mol. The lowest BCUT2D eigenvalue weighted by atomic mass is 10.2. The number of benzene rings is 2. The number of hydrazone groups is 1. The van der Waals surface area contributed by atoms with Gasteiger partial charge in [0.1, 0.15) is 11.6 Å². The monoisotopic (exact) mass is 322 g/mol. The van der Waals surface area contributed by atoms with E-state index in [1.807, 2.05) is 30.3 Å². The van der Waals surface area contributed by atoms with Crippen molar-refractivity contribution in [2.45, 2.75) is 0 Å². The van der Waals surface area contributed by atoms with Crippen molar-refractivity contribution in [2.24, 2.45) is 5.10 Å². The summed E-state index contributed by atoms with van der Waals surface area (Å²) in [6.07, 6.45) is 1.42. The van der Waals surface area contributed by atoms with E-state index < -0.39 is 5.82 Å². The Bertz CT molecular complexity index is 587. The molecule has 98 valence electrons. The molecule has 0 aromatic heterocycles. The first-order valence-corrected chi connectivity index (χ1v) is 6.37. The molecule has 0 radical (unpaired) electrons. The molecule has 5 heteroatoms. The number of nitrogens with zero attached hydrogens (tertiary/aromatic N) is 1. The molecule has 19 heavy (non-hydrogen) atoms. The second-order valence-corrected chi connectivity index (χ2v) is 4.60. The van der Waals surface area contributed by atoms with Crippen molar-refractivity contribution in [3.05, 3.63) is 58.3 Å².